The van der Waals surface area contributed by atoms with Gasteiger partial charge in [0.15, 0.2) is 5.65 Å². The van der Waals surface area contributed by atoms with Crippen molar-refractivity contribution in [3.8, 4) is 11.4 Å². The molecule has 0 spiro atoms. The van der Waals surface area contributed by atoms with E-state index in [0.717, 1.165) is 9.32 Å². The average molecular weight is 461 g/mol. The van der Waals surface area contributed by atoms with Crippen LogP contribution in [0, 0.1) is 9.39 Å². The molecule has 7 heteroatoms. The van der Waals surface area contributed by atoms with E-state index in [1.54, 1.807) is 24.5 Å². The van der Waals surface area contributed by atoms with Gasteiger partial charge in [-0.2, -0.15) is 0 Å². The molecule has 0 saturated heterocycles. The van der Waals surface area contributed by atoms with Crippen molar-refractivity contribution in [3.63, 3.8) is 0 Å². The third-order valence-electron chi connectivity index (χ3n) is 3.86. The lowest BCUT2D eigenvalue weighted by Crippen LogP contribution is -2.25. The Bertz CT molecular complexity index is 1120. The number of benzene rings is 2. The van der Waals surface area contributed by atoms with Crippen molar-refractivity contribution in [1.29, 1.82) is 0 Å². The van der Waals surface area contributed by atoms with Crippen LogP contribution in [0.1, 0.15) is 5.69 Å². The van der Waals surface area contributed by atoms with Crippen LogP contribution in [0.5, 0.6) is 5.75 Å². The third-order valence-corrected chi connectivity index (χ3v) is 4.62. The van der Waals surface area contributed by atoms with E-state index in [1.807, 2.05) is 30.3 Å². The maximum atomic E-state index is 13.1. The van der Waals surface area contributed by atoms with Gasteiger partial charge < -0.3 is 4.74 Å². The number of nitrogens with zero attached hydrogens (tertiary/aromatic N) is 3. The molecule has 0 fully saturated rings. The van der Waals surface area contributed by atoms with Crippen molar-refractivity contribution in [2.24, 2.45) is 0 Å². The number of hydrogen-bond acceptors (Lipinski definition) is 3. The predicted molar refractivity (Wildman–Crippen MR) is 104 cm³/mol. The molecule has 2 aromatic heterocycles. The molecule has 4 rings (SSSR count). The molecule has 0 N–H and O–H groups in total. The second-order valence-corrected chi connectivity index (χ2v) is 6.80. The molecule has 2 aromatic carbocycles. The van der Waals surface area contributed by atoms with E-state index in [4.69, 9.17) is 4.74 Å². The smallest absolute Gasteiger partial charge is 0.338 e. The lowest BCUT2D eigenvalue weighted by molar-refractivity contribution is 0.302. The summed E-state index contributed by atoms with van der Waals surface area (Å²) in [7, 11) is 0. The Balaban J connectivity index is 1.71. The number of rotatable bonds is 4. The fourth-order valence-corrected chi connectivity index (χ4v) is 3.27. The number of imidazole rings is 1. The van der Waals surface area contributed by atoms with Gasteiger partial charge in [0.25, 0.3) is 0 Å². The minimum absolute atomic E-state index is 0.262. The Kier molecular flexibility index (Phi) is 4.46. The Morgan fingerprint density at radius 2 is 1.77 bits per heavy atom. The first kappa shape index (κ1) is 16.8. The van der Waals surface area contributed by atoms with Gasteiger partial charge in [0, 0.05) is 12.4 Å². The summed E-state index contributed by atoms with van der Waals surface area (Å²) in [5, 5.41) is 0. The van der Waals surface area contributed by atoms with Gasteiger partial charge >= 0.3 is 5.69 Å². The maximum Gasteiger partial charge on any atom is 0.338 e. The van der Waals surface area contributed by atoms with Crippen LogP contribution in [0.2, 0.25) is 0 Å². The zero-order chi connectivity index (χ0) is 18.1. The number of ether oxygens (including phenoxy) is 1. The molecule has 0 unspecified atom stereocenters. The van der Waals surface area contributed by atoms with Gasteiger partial charge in [0.1, 0.15) is 18.2 Å². The Hall–Kier alpha value is -2.68. The summed E-state index contributed by atoms with van der Waals surface area (Å²) in [6.45, 7) is 0.262. The topological polar surface area (TPSA) is 48.5 Å². The highest BCUT2D eigenvalue weighted by Gasteiger charge is 2.12. The predicted octanol–water partition coefficient (Wildman–Crippen LogP) is 3.81. The largest absolute Gasteiger partial charge is 0.487 e. The van der Waals surface area contributed by atoms with Crippen molar-refractivity contribution in [2.45, 2.75) is 6.61 Å². The van der Waals surface area contributed by atoms with Crippen LogP contribution in [0.3, 0.4) is 0 Å². The fraction of sp³-hybridized carbons (Fsp3) is 0.0526. The van der Waals surface area contributed by atoms with Gasteiger partial charge in [0.05, 0.1) is 15.0 Å². The normalized spacial score (nSPS) is 11.0. The number of para-hydroxylation sites is 1. The number of hydrogen-bond donors (Lipinski definition) is 0. The minimum Gasteiger partial charge on any atom is -0.487 e. The Morgan fingerprint density at radius 1 is 1.04 bits per heavy atom. The first-order valence-corrected chi connectivity index (χ1v) is 8.92. The van der Waals surface area contributed by atoms with Crippen molar-refractivity contribution in [2.75, 3.05) is 0 Å². The van der Waals surface area contributed by atoms with Gasteiger partial charge in [-0.05, 0) is 59.0 Å². The van der Waals surface area contributed by atoms with E-state index in [1.165, 1.54) is 21.1 Å². The molecule has 5 nitrogen and oxygen atoms in total. The summed E-state index contributed by atoms with van der Waals surface area (Å²) < 4.78 is 22.6. The molecule has 130 valence electrons. The second-order valence-electron chi connectivity index (χ2n) is 5.63. The number of aromatic nitrogens is 3. The van der Waals surface area contributed by atoms with Crippen LogP contribution >= 0.6 is 22.6 Å². The zero-order valence-electron chi connectivity index (χ0n) is 13.5. The van der Waals surface area contributed by atoms with E-state index < -0.39 is 0 Å². The van der Waals surface area contributed by atoms with Crippen LogP contribution < -0.4 is 10.4 Å². The summed E-state index contributed by atoms with van der Waals surface area (Å²) in [6, 6.07) is 15.2. The average Bonchev–Trinajstić information content (AvgIpc) is 3.10. The first-order chi connectivity index (χ1) is 12.6. The molecule has 0 atom stereocenters. The molecule has 0 bridgehead atoms. The molecule has 4 aromatic rings. The Labute approximate surface area is 161 Å². The quantitative estimate of drug-likeness (QED) is 0.435. The zero-order valence-corrected chi connectivity index (χ0v) is 15.6. The fourth-order valence-electron chi connectivity index (χ4n) is 2.62. The van der Waals surface area contributed by atoms with Gasteiger partial charge in [-0.3, -0.25) is 4.57 Å². The van der Waals surface area contributed by atoms with Crippen LogP contribution in [0.25, 0.3) is 11.3 Å². The van der Waals surface area contributed by atoms with Gasteiger partial charge in [-0.25, -0.2) is 18.6 Å². The van der Waals surface area contributed by atoms with Crippen molar-refractivity contribution < 1.29 is 9.13 Å². The van der Waals surface area contributed by atoms with Crippen molar-refractivity contribution in [3.05, 3.63) is 92.6 Å². The molecular weight excluding hydrogens is 448 g/mol. The molecule has 0 aliphatic heterocycles. The summed E-state index contributed by atoms with van der Waals surface area (Å²) >= 11 is 2.13. The van der Waals surface area contributed by atoms with Crippen molar-refractivity contribution >= 4 is 28.2 Å². The monoisotopic (exact) mass is 461 g/mol. The molecule has 0 saturated carbocycles. The first-order valence-electron chi connectivity index (χ1n) is 7.85. The van der Waals surface area contributed by atoms with Gasteiger partial charge in [0.2, 0.25) is 0 Å². The molecule has 0 amide bonds. The van der Waals surface area contributed by atoms with Crippen LogP contribution in [-0.2, 0) is 6.61 Å². The number of halogens is 2. The highest BCUT2D eigenvalue weighted by Crippen LogP contribution is 2.16. The summed E-state index contributed by atoms with van der Waals surface area (Å²) in [5.41, 5.74) is 1.54. The third kappa shape index (κ3) is 3.22. The van der Waals surface area contributed by atoms with E-state index in [2.05, 4.69) is 27.6 Å². The lowest BCUT2D eigenvalue weighted by atomic mass is 10.3. The number of fused-ring (bicyclic) bond motifs is 1. The molecular formula is C19H13FIN3O2. The second kappa shape index (κ2) is 6.91. The highest BCUT2D eigenvalue weighted by molar-refractivity contribution is 14.1. The Morgan fingerprint density at radius 3 is 2.50 bits per heavy atom. The summed E-state index contributed by atoms with van der Waals surface area (Å²) in [4.78, 5) is 17.3. The van der Waals surface area contributed by atoms with E-state index in [9.17, 15) is 9.18 Å². The molecule has 2 heterocycles. The summed E-state index contributed by atoms with van der Waals surface area (Å²) in [5.74, 6) is 0.392. The minimum atomic E-state index is -0.347. The molecule has 0 radical (unpaired) electrons. The van der Waals surface area contributed by atoms with Crippen LogP contribution in [-0.4, -0.2) is 14.0 Å². The summed E-state index contributed by atoms with van der Waals surface area (Å²) in [6.07, 6.45) is 3.36. The van der Waals surface area contributed by atoms with Gasteiger partial charge in [-0.15, -0.1) is 0 Å². The van der Waals surface area contributed by atoms with E-state index >= 15 is 0 Å². The molecule has 26 heavy (non-hydrogen) atoms. The maximum absolute atomic E-state index is 13.1. The highest BCUT2D eigenvalue weighted by atomic mass is 127. The van der Waals surface area contributed by atoms with Gasteiger partial charge in [-0.1, -0.05) is 18.2 Å². The molecule has 0 aliphatic carbocycles. The van der Waals surface area contributed by atoms with Crippen LogP contribution in [0.4, 0.5) is 4.39 Å². The standard InChI is InChI=1S/C19H13FIN3O2/c20-13-6-8-15(9-7-13)23-11-17(21)18-22-14(10-24(18)19(23)25)12-26-16-4-2-1-3-5-16/h1-11H,12H2. The molecule has 0 aliphatic rings. The van der Waals surface area contributed by atoms with E-state index in [0.29, 0.717) is 17.0 Å². The van der Waals surface area contributed by atoms with Crippen LogP contribution in [0.15, 0.2) is 71.8 Å². The van der Waals surface area contributed by atoms with E-state index in [-0.39, 0.29) is 18.1 Å². The lowest BCUT2D eigenvalue weighted by Gasteiger charge is -2.07. The SMILES string of the molecule is O=c1n(-c2ccc(F)cc2)cc(I)c2nc(COc3ccccc3)cn12. The van der Waals surface area contributed by atoms with Crippen molar-refractivity contribution in [1.82, 2.24) is 14.0 Å².